The molecule has 94 valence electrons. The summed E-state index contributed by atoms with van der Waals surface area (Å²) in [5, 5.41) is 18.2. The molecule has 1 aromatic carbocycles. The first-order chi connectivity index (χ1) is 7.93. The van der Waals surface area contributed by atoms with Gasteiger partial charge in [-0.05, 0) is 6.07 Å². The Kier molecular flexibility index (Phi) is 4.36. The molecule has 4 N–H and O–H groups in total. The molecule has 0 aliphatic rings. The number of benzene rings is 1. The van der Waals surface area contributed by atoms with E-state index in [1.807, 2.05) is 0 Å². The fourth-order valence-corrected chi connectivity index (χ4v) is 1.26. The van der Waals surface area contributed by atoms with Crippen LogP contribution in [0.1, 0.15) is 11.7 Å². The smallest absolute Gasteiger partial charge is 0.387 e. The number of halogens is 2. The molecule has 1 unspecified atom stereocenters. The van der Waals surface area contributed by atoms with Crippen molar-refractivity contribution in [2.45, 2.75) is 18.8 Å². The third kappa shape index (κ3) is 3.36. The predicted octanol–water partition coefficient (Wildman–Crippen LogP) is 0.733. The van der Waals surface area contributed by atoms with Crippen molar-refractivity contribution < 1.29 is 28.5 Å². The van der Waals surface area contributed by atoms with Crippen LogP contribution in [0.25, 0.3) is 0 Å². The number of nitrogens with two attached hydrogens (primary N) is 1. The number of ether oxygens (including phenoxy) is 1. The highest BCUT2D eigenvalue weighted by Gasteiger charge is 2.26. The molecule has 1 rings (SSSR count). The van der Waals surface area contributed by atoms with E-state index in [0.717, 1.165) is 0 Å². The molecule has 0 aliphatic heterocycles. The van der Waals surface area contributed by atoms with Gasteiger partial charge in [0, 0.05) is 5.56 Å². The van der Waals surface area contributed by atoms with E-state index in [9.17, 15) is 18.7 Å². The van der Waals surface area contributed by atoms with Crippen molar-refractivity contribution in [1.29, 1.82) is 0 Å². The third-order valence-corrected chi connectivity index (χ3v) is 2.08. The van der Waals surface area contributed by atoms with Crippen LogP contribution in [0.15, 0.2) is 24.3 Å². The van der Waals surface area contributed by atoms with E-state index in [2.05, 4.69) is 4.74 Å². The van der Waals surface area contributed by atoms with Crippen LogP contribution in [0.5, 0.6) is 5.75 Å². The van der Waals surface area contributed by atoms with Gasteiger partial charge in [0.1, 0.15) is 17.9 Å². The largest absolute Gasteiger partial charge is 0.480 e. The molecule has 0 fully saturated rings. The summed E-state index contributed by atoms with van der Waals surface area (Å²) in [6.45, 7) is -3.07. The Labute approximate surface area is 95.4 Å². The minimum absolute atomic E-state index is 0.0947. The molecule has 1 aromatic rings. The van der Waals surface area contributed by atoms with E-state index in [-0.39, 0.29) is 11.3 Å². The SMILES string of the molecule is N[C@H](C(=O)O)C(O)c1ccccc1OC(F)F. The number of carboxylic acids is 1. The first kappa shape index (κ1) is 13.3. The Morgan fingerprint density at radius 1 is 1.35 bits per heavy atom. The van der Waals surface area contributed by atoms with Gasteiger partial charge in [-0.15, -0.1) is 0 Å². The van der Waals surface area contributed by atoms with Crippen LogP contribution in [-0.2, 0) is 4.79 Å². The number of carboxylic acid groups (broad SMARTS) is 1. The average molecular weight is 247 g/mol. The van der Waals surface area contributed by atoms with Crippen molar-refractivity contribution in [2.24, 2.45) is 5.73 Å². The van der Waals surface area contributed by atoms with Gasteiger partial charge in [-0.1, -0.05) is 18.2 Å². The highest BCUT2D eigenvalue weighted by Crippen LogP contribution is 2.27. The van der Waals surface area contributed by atoms with Crippen LogP contribution in [0, 0.1) is 0 Å². The summed E-state index contributed by atoms with van der Waals surface area (Å²) in [6.07, 6.45) is -1.62. The fourth-order valence-electron chi connectivity index (χ4n) is 1.26. The minimum Gasteiger partial charge on any atom is -0.480 e. The minimum atomic E-state index is -3.07. The maximum Gasteiger partial charge on any atom is 0.387 e. The van der Waals surface area contributed by atoms with E-state index < -0.39 is 24.7 Å². The van der Waals surface area contributed by atoms with Crippen LogP contribution in [0.4, 0.5) is 8.78 Å². The number of aliphatic hydroxyl groups is 1. The number of para-hydroxylation sites is 1. The number of aliphatic carboxylic acids is 1. The van der Waals surface area contributed by atoms with Crippen molar-refractivity contribution in [3.05, 3.63) is 29.8 Å². The van der Waals surface area contributed by atoms with Gasteiger partial charge in [0.25, 0.3) is 0 Å². The molecule has 0 saturated carbocycles. The van der Waals surface area contributed by atoms with Gasteiger partial charge >= 0.3 is 12.6 Å². The van der Waals surface area contributed by atoms with Crippen LogP contribution < -0.4 is 10.5 Å². The first-order valence-corrected chi connectivity index (χ1v) is 4.63. The Bertz CT molecular complexity index is 400. The predicted molar refractivity (Wildman–Crippen MR) is 53.6 cm³/mol. The van der Waals surface area contributed by atoms with Crippen molar-refractivity contribution in [1.82, 2.24) is 0 Å². The van der Waals surface area contributed by atoms with Gasteiger partial charge in [0.05, 0.1) is 0 Å². The van der Waals surface area contributed by atoms with Gasteiger partial charge in [-0.3, -0.25) is 4.79 Å². The third-order valence-electron chi connectivity index (χ3n) is 2.08. The average Bonchev–Trinajstić information content (AvgIpc) is 2.27. The summed E-state index contributed by atoms with van der Waals surface area (Å²) in [5.41, 5.74) is 5.10. The van der Waals surface area contributed by atoms with E-state index >= 15 is 0 Å². The quantitative estimate of drug-likeness (QED) is 0.713. The molecule has 0 saturated heterocycles. The van der Waals surface area contributed by atoms with Gasteiger partial charge in [-0.2, -0.15) is 8.78 Å². The molecule has 0 aromatic heterocycles. The first-order valence-electron chi connectivity index (χ1n) is 4.63. The van der Waals surface area contributed by atoms with Crippen LogP contribution in [0.3, 0.4) is 0 Å². The van der Waals surface area contributed by atoms with Crippen LogP contribution in [0.2, 0.25) is 0 Å². The molecular weight excluding hydrogens is 236 g/mol. The molecule has 0 aliphatic carbocycles. The summed E-state index contributed by atoms with van der Waals surface area (Å²) in [4.78, 5) is 10.6. The number of alkyl halides is 2. The summed E-state index contributed by atoms with van der Waals surface area (Å²) < 4.78 is 28.3. The second-order valence-electron chi connectivity index (χ2n) is 3.23. The molecule has 0 spiro atoms. The molecular formula is C10H11F2NO4. The molecule has 7 heteroatoms. The maximum absolute atomic E-state index is 12.1. The van der Waals surface area contributed by atoms with Crippen molar-refractivity contribution >= 4 is 5.97 Å². The van der Waals surface area contributed by atoms with Crippen LogP contribution in [-0.4, -0.2) is 28.8 Å². The highest BCUT2D eigenvalue weighted by molar-refractivity contribution is 5.74. The molecule has 0 bridgehead atoms. The number of carbonyl (C=O) groups is 1. The summed E-state index contributed by atoms with van der Waals surface area (Å²) >= 11 is 0. The topological polar surface area (TPSA) is 92.8 Å². The Hall–Kier alpha value is -1.73. The second kappa shape index (κ2) is 5.55. The van der Waals surface area contributed by atoms with E-state index in [0.29, 0.717) is 0 Å². The molecule has 0 radical (unpaired) electrons. The lowest BCUT2D eigenvalue weighted by Gasteiger charge is -2.18. The number of hydrogen-bond acceptors (Lipinski definition) is 4. The van der Waals surface area contributed by atoms with Gasteiger partial charge in [0.2, 0.25) is 0 Å². The molecule has 17 heavy (non-hydrogen) atoms. The maximum atomic E-state index is 12.1. The Morgan fingerprint density at radius 3 is 2.47 bits per heavy atom. The van der Waals surface area contributed by atoms with Gasteiger partial charge < -0.3 is 20.7 Å². The van der Waals surface area contributed by atoms with E-state index in [1.165, 1.54) is 24.3 Å². The number of rotatable bonds is 5. The van der Waals surface area contributed by atoms with Gasteiger partial charge in [-0.25, -0.2) is 0 Å². The lowest BCUT2D eigenvalue weighted by molar-refractivity contribution is -0.141. The number of aliphatic hydroxyl groups excluding tert-OH is 1. The van der Waals surface area contributed by atoms with Crippen molar-refractivity contribution in [2.75, 3.05) is 0 Å². The summed E-state index contributed by atoms with van der Waals surface area (Å²) in [6, 6.07) is 3.72. The highest BCUT2D eigenvalue weighted by atomic mass is 19.3. The lowest BCUT2D eigenvalue weighted by atomic mass is 10.0. The molecule has 2 atom stereocenters. The zero-order chi connectivity index (χ0) is 13.0. The normalized spacial score (nSPS) is 14.4. The van der Waals surface area contributed by atoms with E-state index in [1.54, 1.807) is 0 Å². The second-order valence-corrected chi connectivity index (χ2v) is 3.23. The van der Waals surface area contributed by atoms with Gasteiger partial charge in [0.15, 0.2) is 0 Å². The van der Waals surface area contributed by atoms with E-state index in [4.69, 9.17) is 10.8 Å². The zero-order valence-electron chi connectivity index (χ0n) is 8.59. The summed E-state index contributed by atoms with van der Waals surface area (Å²) in [7, 11) is 0. The lowest BCUT2D eigenvalue weighted by Crippen LogP contribution is -2.36. The fraction of sp³-hybridized carbons (Fsp3) is 0.300. The summed E-state index contributed by atoms with van der Waals surface area (Å²) in [5.74, 6) is -1.74. The Balaban J connectivity index is 3.00. The zero-order valence-corrected chi connectivity index (χ0v) is 8.59. The number of hydrogen-bond donors (Lipinski definition) is 3. The Morgan fingerprint density at radius 2 is 1.94 bits per heavy atom. The van der Waals surface area contributed by atoms with Crippen molar-refractivity contribution in [3.8, 4) is 5.75 Å². The molecule has 0 amide bonds. The molecule has 0 heterocycles. The molecule has 5 nitrogen and oxygen atoms in total. The van der Waals surface area contributed by atoms with Crippen LogP contribution >= 0.6 is 0 Å². The van der Waals surface area contributed by atoms with Crippen molar-refractivity contribution in [3.63, 3.8) is 0 Å². The standard InChI is InChI=1S/C10H11F2NO4/c11-10(12)17-6-4-2-1-3-5(6)8(14)7(13)9(15)16/h1-4,7-8,10,14H,13H2,(H,15,16)/t7-,8?/m0/s1. The monoisotopic (exact) mass is 247 g/mol.